The summed E-state index contributed by atoms with van der Waals surface area (Å²) < 4.78 is 13.4. The van der Waals surface area contributed by atoms with E-state index in [1.165, 1.54) is 6.07 Å². The third kappa shape index (κ3) is 4.07. The van der Waals surface area contributed by atoms with E-state index >= 15 is 0 Å². The van der Waals surface area contributed by atoms with Gasteiger partial charge in [0, 0.05) is 11.9 Å². The Morgan fingerprint density at radius 2 is 2.14 bits per heavy atom. The van der Waals surface area contributed by atoms with Gasteiger partial charge in [0.05, 0.1) is 4.47 Å². The van der Waals surface area contributed by atoms with Gasteiger partial charge in [-0.05, 0) is 46.6 Å². The molecule has 78 valence electrons. The van der Waals surface area contributed by atoms with Gasteiger partial charge in [-0.3, -0.25) is 0 Å². The van der Waals surface area contributed by atoms with Gasteiger partial charge in [0.2, 0.25) is 0 Å². The van der Waals surface area contributed by atoms with Crippen LogP contribution in [0.4, 0.5) is 4.39 Å². The molecular weight excluding hydrogens is 313 g/mol. The fraction of sp³-hybridized carbons (Fsp3) is 0.400. The Morgan fingerprint density at radius 3 is 2.79 bits per heavy atom. The highest BCUT2D eigenvalue weighted by Gasteiger charge is 1.99. The first kappa shape index (κ1) is 12.1. The minimum Gasteiger partial charge on any atom is -0.313 e. The Kier molecular flexibility index (Phi) is 5.67. The quantitative estimate of drug-likeness (QED) is 0.646. The molecular formula is C10H12Br2FN. The fourth-order valence-corrected chi connectivity index (χ4v) is 1.78. The van der Waals surface area contributed by atoms with Gasteiger partial charge < -0.3 is 5.32 Å². The van der Waals surface area contributed by atoms with E-state index in [2.05, 4.69) is 37.2 Å². The van der Waals surface area contributed by atoms with E-state index in [0.29, 0.717) is 4.47 Å². The molecule has 0 atom stereocenters. The predicted molar refractivity (Wildman–Crippen MR) is 64.2 cm³/mol. The lowest BCUT2D eigenvalue weighted by molar-refractivity contribution is 0.618. The molecule has 1 aromatic carbocycles. The molecule has 0 fully saturated rings. The van der Waals surface area contributed by atoms with E-state index in [1.807, 2.05) is 0 Å². The second-order valence-electron chi connectivity index (χ2n) is 2.97. The van der Waals surface area contributed by atoms with Gasteiger partial charge in [-0.1, -0.05) is 22.0 Å². The molecule has 0 saturated heterocycles. The Labute approximate surface area is 100 Å². The number of hydrogen-bond donors (Lipinski definition) is 1. The Morgan fingerprint density at radius 1 is 1.36 bits per heavy atom. The minimum absolute atomic E-state index is 0.214. The number of halogens is 3. The second kappa shape index (κ2) is 6.53. The van der Waals surface area contributed by atoms with Crippen molar-refractivity contribution >= 4 is 31.9 Å². The van der Waals surface area contributed by atoms with E-state index in [4.69, 9.17) is 0 Å². The van der Waals surface area contributed by atoms with Crippen LogP contribution >= 0.6 is 31.9 Å². The molecule has 14 heavy (non-hydrogen) atoms. The first-order valence-corrected chi connectivity index (χ1v) is 6.36. The third-order valence-electron chi connectivity index (χ3n) is 1.80. The van der Waals surface area contributed by atoms with Crippen LogP contribution < -0.4 is 5.32 Å². The lowest BCUT2D eigenvalue weighted by Crippen LogP contribution is -2.14. The van der Waals surface area contributed by atoms with Crippen LogP contribution in [0.15, 0.2) is 22.7 Å². The summed E-state index contributed by atoms with van der Waals surface area (Å²) in [4.78, 5) is 0. The first-order chi connectivity index (χ1) is 6.74. The molecule has 1 aromatic rings. The van der Waals surface area contributed by atoms with Crippen molar-refractivity contribution < 1.29 is 4.39 Å². The molecule has 0 saturated carbocycles. The number of rotatable bonds is 5. The predicted octanol–water partition coefficient (Wildman–Crippen LogP) is 3.46. The summed E-state index contributed by atoms with van der Waals surface area (Å²) in [5.74, 6) is -0.214. The zero-order chi connectivity index (χ0) is 10.4. The van der Waals surface area contributed by atoms with Gasteiger partial charge in [0.15, 0.2) is 0 Å². The summed E-state index contributed by atoms with van der Waals surface area (Å²) >= 11 is 6.52. The van der Waals surface area contributed by atoms with Gasteiger partial charge in [-0.15, -0.1) is 0 Å². The standard InChI is InChI=1S/C10H12Br2FN/c11-4-1-5-14-7-8-2-3-10(13)9(12)6-8/h2-3,6,14H,1,4-5,7H2. The molecule has 0 amide bonds. The third-order valence-corrected chi connectivity index (χ3v) is 2.97. The van der Waals surface area contributed by atoms with Crippen molar-refractivity contribution in [1.29, 1.82) is 0 Å². The highest BCUT2D eigenvalue weighted by molar-refractivity contribution is 9.10. The molecule has 0 aromatic heterocycles. The maximum Gasteiger partial charge on any atom is 0.137 e. The van der Waals surface area contributed by atoms with Crippen molar-refractivity contribution in [3.63, 3.8) is 0 Å². The number of alkyl halides is 1. The molecule has 0 heterocycles. The lowest BCUT2D eigenvalue weighted by Gasteiger charge is -2.04. The van der Waals surface area contributed by atoms with Gasteiger partial charge in [-0.25, -0.2) is 4.39 Å². The molecule has 0 radical (unpaired) electrons. The molecule has 0 spiro atoms. The largest absolute Gasteiger partial charge is 0.313 e. The SMILES string of the molecule is Fc1ccc(CNCCCBr)cc1Br. The lowest BCUT2D eigenvalue weighted by atomic mass is 10.2. The van der Waals surface area contributed by atoms with Gasteiger partial charge >= 0.3 is 0 Å². The van der Waals surface area contributed by atoms with Crippen molar-refractivity contribution in [3.8, 4) is 0 Å². The Bertz CT molecular complexity index is 291. The van der Waals surface area contributed by atoms with Crippen LogP contribution in [-0.2, 0) is 6.54 Å². The van der Waals surface area contributed by atoms with E-state index in [9.17, 15) is 4.39 Å². The van der Waals surface area contributed by atoms with E-state index in [-0.39, 0.29) is 5.82 Å². The molecule has 1 nitrogen and oxygen atoms in total. The van der Waals surface area contributed by atoms with Crippen molar-refractivity contribution in [2.75, 3.05) is 11.9 Å². The molecule has 1 N–H and O–H groups in total. The van der Waals surface area contributed by atoms with Crippen LogP contribution in [0.1, 0.15) is 12.0 Å². The summed E-state index contributed by atoms with van der Waals surface area (Å²) in [5.41, 5.74) is 1.09. The summed E-state index contributed by atoms with van der Waals surface area (Å²) in [6.07, 6.45) is 1.10. The van der Waals surface area contributed by atoms with Crippen LogP contribution in [0.5, 0.6) is 0 Å². The summed E-state index contributed by atoms with van der Waals surface area (Å²) in [5, 5.41) is 4.28. The topological polar surface area (TPSA) is 12.0 Å². The van der Waals surface area contributed by atoms with E-state index in [1.54, 1.807) is 12.1 Å². The highest BCUT2D eigenvalue weighted by atomic mass is 79.9. The molecule has 1 rings (SSSR count). The smallest absolute Gasteiger partial charge is 0.137 e. The normalized spacial score (nSPS) is 10.5. The molecule has 0 bridgehead atoms. The van der Waals surface area contributed by atoms with Crippen LogP contribution in [0.25, 0.3) is 0 Å². The van der Waals surface area contributed by atoms with Gasteiger partial charge in [0.25, 0.3) is 0 Å². The molecule has 4 heteroatoms. The van der Waals surface area contributed by atoms with Crippen LogP contribution in [-0.4, -0.2) is 11.9 Å². The van der Waals surface area contributed by atoms with Crippen molar-refractivity contribution in [2.24, 2.45) is 0 Å². The first-order valence-electron chi connectivity index (χ1n) is 4.44. The number of benzene rings is 1. The summed E-state index contributed by atoms with van der Waals surface area (Å²) in [7, 11) is 0. The Hall–Kier alpha value is 0.0700. The maximum atomic E-state index is 12.9. The summed E-state index contributed by atoms with van der Waals surface area (Å²) in [6.45, 7) is 1.76. The average Bonchev–Trinajstić information content (AvgIpc) is 2.18. The van der Waals surface area contributed by atoms with E-state index in [0.717, 1.165) is 30.4 Å². The zero-order valence-corrected chi connectivity index (χ0v) is 10.9. The molecule has 0 aliphatic heterocycles. The van der Waals surface area contributed by atoms with Crippen LogP contribution in [0.2, 0.25) is 0 Å². The monoisotopic (exact) mass is 323 g/mol. The highest BCUT2D eigenvalue weighted by Crippen LogP contribution is 2.16. The maximum absolute atomic E-state index is 12.9. The van der Waals surface area contributed by atoms with Crippen molar-refractivity contribution in [1.82, 2.24) is 5.32 Å². The number of hydrogen-bond acceptors (Lipinski definition) is 1. The molecule has 0 aliphatic carbocycles. The van der Waals surface area contributed by atoms with Gasteiger partial charge in [-0.2, -0.15) is 0 Å². The van der Waals surface area contributed by atoms with Crippen molar-refractivity contribution in [2.45, 2.75) is 13.0 Å². The number of nitrogens with one attached hydrogen (secondary N) is 1. The van der Waals surface area contributed by atoms with Gasteiger partial charge in [0.1, 0.15) is 5.82 Å². The van der Waals surface area contributed by atoms with Crippen LogP contribution in [0, 0.1) is 5.82 Å². The zero-order valence-electron chi connectivity index (χ0n) is 7.69. The fourth-order valence-electron chi connectivity index (χ4n) is 1.07. The van der Waals surface area contributed by atoms with Crippen LogP contribution in [0.3, 0.4) is 0 Å². The summed E-state index contributed by atoms with van der Waals surface area (Å²) in [6, 6.07) is 5.07. The second-order valence-corrected chi connectivity index (χ2v) is 4.62. The van der Waals surface area contributed by atoms with Crippen molar-refractivity contribution in [3.05, 3.63) is 34.1 Å². The average molecular weight is 325 g/mol. The molecule has 0 aliphatic rings. The Balaban J connectivity index is 2.39. The van der Waals surface area contributed by atoms with E-state index < -0.39 is 0 Å². The molecule has 0 unspecified atom stereocenters. The minimum atomic E-state index is -0.214.